The number of rotatable bonds is 5. The number of aromatic carboxylic acids is 1. The van der Waals surface area contributed by atoms with Gasteiger partial charge in [-0.25, -0.2) is 13.6 Å². The molecule has 0 unspecified atom stereocenters. The second kappa shape index (κ2) is 10.0. The average Bonchev–Trinajstić information content (AvgIpc) is 2.90. The largest absolute Gasteiger partial charge is 0.477 e. The van der Waals surface area contributed by atoms with Gasteiger partial charge in [0.25, 0.3) is 0 Å². The Labute approximate surface area is 219 Å². The van der Waals surface area contributed by atoms with E-state index in [1.54, 1.807) is 0 Å². The van der Waals surface area contributed by atoms with E-state index in [-0.39, 0.29) is 30.8 Å². The second-order valence-corrected chi connectivity index (χ2v) is 9.23. The van der Waals surface area contributed by atoms with Gasteiger partial charge in [-0.05, 0) is 35.9 Å². The summed E-state index contributed by atoms with van der Waals surface area (Å²) in [5.74, 6) is -3.64. The average molecular weight is 543 g/mol. The fourth-order valence-corrected chi connectivity index (χ4v) is 4.87. The minimum Gasteiger partial charge on any atom is -0.477 e. The van der Waals surface area contributed by atoms with Crippen LogP contribution in [0.25, 0.3) is 10.9 Å². The van der Waals surface area contributed by atoms with Crippen LogP contribution in [0.4, 0.5) is 33.3 Å². The summed E-state index contributed by atoms with van der Waals surface area (Å²) < 4.78 is 71.4. The molecule has 2 heterocycles. The third-order valence-electron chi connectivity index (χ3n) is 6.81. The molecule has 4 aromatic rings. The van der Waals surface area contributed by atoms with Gasteiger partial charge >= 0.3 is 12.1 Å². The van der Waals surface area contributed by atoms with Crippen LogP contribution in [0.3, 0.4) is 0 Å². The van der Waals surface area contributed by atoms with Crippen LogP contribution in [0.2, 0.25) is 0 Å². The highest BCUT2D eigenvalue weighted by atomic mass is 19.4. The molecule has 0 atom stereocenters. The number of carboxylic acids is 1. The van der Waals surface area contributed by atoms with Crippen LogP contribution in [-0.4, -0.2) is 41.8 Å². The van der Waals surface area contributed by atoms with Crippen molar-refractivity contribution in [2.24, 2.45) is 0 Å². The highest BCUT2D eigenvalue weighted by molar-refractivity contribution is 5.94. The van der Waals surface area contributed by atoms with Crippen LogP contribution in [0, 0.1) is 11.6 Å². The Balaban J connectivity index is 1.56. The number of hydrogen-bond acceptors (Lipinski definition) is 4. The van der Waals surface area contributed by atoms with Crippen LogP contribution >= 0.6 is 0 Å². The molecule has 202 valence electrons. The van der Waals surface area contributed by atoms with E-state index >= 15 is 8.78 Å². The van der Waals surface area contributed by atoms with Crippen molar-refractivity contribution in [1.29, 1.82) is 0 Å². The monoisotopic (exact) mass is 543 g/mol. The molecule has 3 aromatic carbocycles. The molecule has 0 amide bonds. The van der Waals surface area contributed by atoms with Gasteiger partial charge in [0.05, 0.1) is 16.5 Å². The van der Waals surface area contributed by atoms with Crippen molar-refractivity contribution in [2.75, 3.05) is 36.0 Å². The number of aromatic nitrogens is 1. The predicted octanol–water partition coefficient (Wildman–Crippen LogP) is 5.37. The van der Waals surface area contributed by atoms with Crippen molar-refractivity contribution in [3.05, 3.63) is 105 Å². The third kappa shape index (κ3) is 5.04. The molecule has 0 radical (unpaired) electrons. The zero-order valence-electron chi connectivity index (χ0n) is 20.4. The van der Waals surface area contributed by atoms with Crippen LogP contribution in [-0.2, 0) is 12.7 Å². The molecule has 0 bridgehead atoms. The Bertz CT molecular complexity index is 1590. The summed E-state index contributed by atoms with van der Waals surface area (Å²) in [7, 11) is 0. The Morgan fingerprint density at radius 3 is 2.10 bits per heavy atom. The molecule has 11 heteroatoms. The normalized spacial score (nSPS) is 14.2. The van der Waals surface area contributed by atoms with Gasteiger partial charge in [-0.3, -0.25) is 4.79 Å². The van der Waals surface area contributed by atoms with Gasteiger partial charge < -0.3 is 19.5 Å². The molecule has 1 saturated heterocycles. The number of benzene rings is 3. The molecule has 5 rings (SSSR count). The van der Waals surface area contributed by atoms with Crippen molar-refractivity contribution in [1.82, 2.24) is 4.57 Å². The first kappa shape index (κ1) is 26.2. The highest BCUT2D eigenvalue weighted by Crippen LogP contribution is 2.33. The Kier molecular flexibility index (Phi) is 6.75. The SMILES string of the molecule is O=C(O)c1cn(Cc2ccc(C(F)(F)F)cc2)c2c(F)c(N3CCN(c4ccccc4)CC3)c(F)cc2c1=O. The number of alkyl halides is 3. The van der Waals surface area contributed by atoms with Crippen LogP contribution in [0.15, 0.2) is 71.7 Å². The number of pyridine rings is 1. The number of nitrogens with zero attached hydrogens (tertiary/aromatic N) is 3. The van der Waals surface area contributed by atoms with Gasteiger partial charge in [0.15, 0.2) is 5.82 Å². The molecule has 1 fully saturated rings. The van der Waals surface area contributed by atoms with Crippen LogP contribution < -0.4 is 15.2 Å². The maximum absolute atomic E-state index is 16.1. The maximum Gasteiger partial charge on any atom is 0.416 e. The topological polar surface area (TPSA) is 65.8 Å². The van der Waals surface area contributed by atoms with Crippen molar-refractivity contribution in [3.63, 3.8) is 0 Å². The number of carbonyl (C=O) groups is 1. The summed E-state index contributed by atoms with van der Waals surface area (Å²) in [6.07, 6.45) is -3.62. The lowest BCUT2D eigenvalue weighted by molar-refractivity contribution is -0.137. The van der Waals surface area contributed by atoms with Crippen molar-refractivity contribution >= 4 is 28.2 Å². The number of anilines is 2. The molecular formula is C28H22F5N3O3. The van der Waals surface area contributed by atoms with E-state index in [0.29, 0.717) is 18.7 Å². The number of para-hydroxylation sites is 1. The minimum atomic E-state index is -4.55. The molecule has 0 saturated carbocycles. The van der Waals surface area contributed by atoms with Crippen LogP contribution in [0.1, 0.15) is 21.5 Å². The molecule has 1 aliphatic heterocycles. The minimum absolute atomic E-state index is 0.251. The van der Waals surface area contributed by atoms with E-state index in [1.807, 2.05) is 30.3 Å². The maximum atomic E-state index is 16.1. The van der Waals surface area contributed by atoms with Gasteiger partial charge in [-0.2, -0.15) is 13.2 Å². The fourth-order valence-electron chi connectivity index (χ4n) is 4.87. The lowest BCUT2D eigenvalue weighted by atomic mass is 10.1. The molecule has 1 aromatic heterocycles. The Morgan fingerprint density at radius 2 is 1.51 bits per heavy atom. The number of carboxylic acid groups (broad SMARTS) is 1. The summed E-state index contributed by atoms with van der Waals surface area (Å²) in [6.45, 7) is 1.28. The lowest BCUT2D eigenvalue weighted by Gasteiger charge is -2.37. The van der Waals surface area contributed by atoms with E-state index < -0.39 is 45.7 Å². The van der Waals surface area contributed by atoms with Gasteiger partial charge in [-0.15, -0.1) is 0 Å². The first-order chi connectivity index (χ1) is 18.5. The zero-order chi connectivity index (χ0) is 27.9. The molecule has 1 aliphatic rings. The number of fused-ring (bicyclic) bond motifs is 1. The van der Waals surface area contributed by atoms with Crippen molar-refractivity contribution < 1.29 is 31.9 Å². The Hall–Kier alpha value is -4.41. The molecule has 6 nitrogen and oxygen atoms in total. The summed E-state index contributed by atoms with van der Waals surface area (Å²) >= 11 is 0. The van der Waals surface area contributed by atoms with Crippen molar-refractivity contribution in [2.45, 2.75) is 12.7 Å². The molecular weight excluding hydrogens is 521 g/mol. The summed E-state index contributed by atoms with van der Waals surface area (Å²) in [5.41, 5.74) is -2.05. The van der Waals surface area contributed by atoms with Gasteiger partial charge in [0.2, 0.25) is 5.43 Å². The summed E-state index contributed by atoms with van der Waals surface area (Å²) in [4.78, 5) is 28.2. The van der Waals surface area contributed by atoms with Gasteiger partial charge in [0, 0.05) is 44.6 Å². The molecule has 1 N–H and O–H groups in total. The van der Waals surface area contributed by atoms with E-state index in [4.69, 9.17) is 0 Å². The van der Waals surface area contributed by atoms with E-state index in [0.717, 1.165) is 34.7 Å². The number of piperazine rings is 1. The van der Waals surface area contributed by atoms with Crippen LogP contribution in [0.5, 0.6) is 0 Å². The van der Waals surface area contributed by atoms with Gasteiger partial charge in [-0.1, -0.05) is 30.3 Å². The molecule has 0 aliphatic carbocycles. The van der Waals surface area contributed by atoms with Crippen molar-refractivity contribution in [3.8, 4) is 0 Å². The summed E-state index contributed by atoms with van der Waals surface area (Å²) in [6, 6.07) is 14.4. The quantitative estimate of drug-likeness (QED) is 0.343. The van der Waals surface area contributed by atoms with E-state index in [1.165, 1.54) is 17.0 Å². The molecule has 0 spiro atoms. The standard InChI is InChI=1S/C28H22F5N3O3/c29-22-14-20-24(23(30)25(22)35-12-10-34(11-13-35)19-4-2-1-3-5-19)36(16-21(26(20)37)27(38)39)15-17-6-8-18(9-7-17)28(31,32)33/h1-9,14,16H,10-13,15H2,(H,38,39). The third-order valence-corrected chi connectivity index (χ3v) is 6.81. The lowest BCUT2D eigenvalue weighted by Crippen LogP contribution is -2.47. The first-order valence-corrected chi connectivity index (χ1v) is 12.0. The second-order valence-electron chi connectivity index (χ2n) is 9.23. The first-order valence-electron chi connectivity index (χ1n) is 12.0. The predicted molar refractivity (Wildman–Crippen MR) is 136 cm³/mol. The zero-order valence-corrected chi connectivity index (χ0v) is 20.4. The fraction of sp³-hybridized carbons (Fsp3) is 0.214. The number of hydrogen-bond donors (Lipinski definition) is 1. The smallest absolute Gasteiger partial charge is 0.416 e. The van der Waals surface area contributed by atoms with Gasteiger partial charge in [0.1, 0.15) is 17.1 Å². The Morgan fingerprint density at radius 1 is 0.897 bits per heavy atom. The highest BCUT2D eigenvalue weighted by Gasteiger charge is 2.30. The van der Waals surface area contributed by atoms with E-state index in [2.05, 4.69) is 4.90 Å². The summed E-state index contributed by atoms with van der Waals surface area (Å²) in [5, 5.41) is 9.05. The van der Waals surface area contributed by atoms with E-state index in [9.17, 15) is 27.9 Å². The number of halogens is 5. The molecule has 39 heavy (non-hydrogen) atoms.